The summed E-state index contributed by atoms with van der Waals surface area (Å²) >= 11 is 15.0. The van der Waals surface area contributed by atoms with Crippen LogP contribution in [0.15, 0.2) is 40.9 Å². The topological polar surface area (TPSA) is 9.23 Å². The van der Waals surface area contributed by atoms with Gasteiger partial charge in [-0.15, -0.1) is 11.6 Å². The molecule has 1 nitrogen and oxygen atoms in total. The van der Waals surface area contributed by atoms with Gasteiger partial charge in [0, 0.05) is 16.4 Å². The van der Waals surface area contributed by atoms with Crippen LogP contribution in [-0.2, 0) is 5.88 Å². The lowest BCUT2D eigenvalue weighted by Gasteiger charge is -2.09. The minimum atomic E-state index is -0.392. The second-order valence-corrected chi connectivity index (χ2v) is 5.20. The van der Waals surface area contributed by atoms with Crippen molar-refractivity contribution in [3.8, 4) is 11.5 Å². The SMILES string of the molecule is Fc1cc(CCl)cc(Oc2ccc(Br)cc2Cl)c1. The van der Waals surface area contributed by atoms with Crippen LogP contribution in [0.5, 0.6) is 11.5 Å². The highest BCUT2D eigenvalue weighted by Crippen LogP contribution is 2.32. The monoisotopic (exact) mass is 348 g/mol. The Morgan fingerprint density at radius 1 is 1.17 bits per heavy atom. The van der Waals surface area contributed by atoms with Crippen LogP contribution in [0.4, 0.5) is 4.39 Å². The Morgan fingerprint density at radius 2 is 1.94 bits per heavy atom. The van der Waals surface area contributed by atoms with Gasteiger partial charge in [-0.3, -0.25) is 0 Å². The van der Waals surface area contributed by atoms with E-state index in [0.717, 1.165) is 4.47 Å². The van der Waals surface area contributed by atoms with Gasteiger partial charge in [-0.25, -0.2) is 4.39 Å². The maximum absolute atomic E-state index is 13.3. The minimum Gasteiger partial charge on any atom is -0.456 e. The Hall–Kier alpha value is -0.770. The normalized spacial score (nSPS) is 10.4. The summed E-state index contributed by atoms with van der Waals surface area (Å²) in [5.74, 6) is 0.666. The molecule has 18 heavy (non-hydrogen) atoms. The molecule has 0 aromatic heterocycles. The molecule has 0 bridgehead atoms. The van der Waals surface area contributed by atoms with Crippen molar-refractivity contribution in [2.75, 3.05) is 0 Å². The van der Waals surface area contributed by atoms with E-state index in [-0.39, 0.29) is 5.88 Å². The molecule has 0 amide bonds. The van der Waals surface area contributed by atoms with Crippen molar-refractivity contribution < 1.29 is 9.13 Å². The minimum absolute atomic E-state index is 0.224. The molecule has 5 heteroatoms. The van der Waals surface area contributed by atoms with E-state index in [1.54, 1.807) is 24.3 Å². The Bertz CT molecular complexity index is 575. The Labute approximate surface area is 123 Å². The fourth-order valence-electron chi connectivity index (χ4n) is 1.44. The van der Waals surface area contributed by atoms with Crippen LogP contribution in [-0.4, -0.2) is 0 Å². The van der Waals surface area contributed by atoms with Gasteiger partial charge in [0.2, 0.25) is 0 Å². The zero-order valence-corrected chi connectivity index (χ0v) is 12.2. The van der Waals surface area contributed by atoms with Gasteiger partial charge in [0.15, 0.2) is 0 Å². The van der Waals surface area contributed by atoms with E-state index < -0.39 is 5.82 Å². The summed E-state index contributed by atoms with van der Waals surface area (Å²) in [6.45, 7) is 0. The fraction of sp³-hybridized carbons (Fsp3) is 0.0769. The lowest BCUT2D eigenvalue weighted by atomic mass is 10.2. The van der Waals surface area contributed by atoms with Crippen LogP contribution in [0, 0.1) is 5.82 Å². The van der Waals surface area contributed by atoms with Crippen LogP contribution in [0.2, 0.25) is 5.02 Å². The lowest BCUT2D eigenvalue weighted by molar-refractivity contribution is 0.476. The molecule has 0 aliphatic heterocycles. The van der Waals surface area contributed by atoms with Gasteiger partial charge >= 0.3 is 0 Å². The summed E-state index contributed by atoms with van der Waals surface area (Å²) in [5, 5.41) is 0.445. The van der Waals surface area contributed by atoms with E-state index in [1.165, 1.54) is 12.1 Å². The Kier molecular flexibility index (Phi) is 4.49. The summed E-state index contributed by atoms with van der Waals surface area (Å²) in [7, 11) is 0. The van der Waals surface area contributed by atoms with Crippen molar-refractivity contribution in [2.24, 2.45) is 0 Å². The highest BCUT2D eigenvalue weighted by molar-refractivity contribution is 9.10. The molecule has 0 atom stereocenters. The van der Waals surface area contributed by atoms with Crippen LogP contribution in [0.25, 0.3) is 0 Å². The van der Waals surface area contributed by atoms with E-state index in [0.29, 0.717) is 22.1 Å². The molecule has 0 unspecified atom stereocenters. The molecule has 0 radical (unpaired) electrons. The van der Waals surface area contributed by atoms with Crippen LogP contribution < -0.4 is 4.74 Å². The molecule has 0 fully saturated rings. The van der Waals surface area contributed by atoms with E-state index in [1.807, 2.05) is 0 Å². The Morgan fingerprint density at radius 3 is 2.61 bits per heavy atom. The number of hydrogen-bond acceptors (Lipinski definition) is 1. The largest absolute Gasteiger partial charge is 0.456 e. The van der Waals surface area contributed by atoms with E-state index in [2.05, 4.69) is 15.9 Å². The standard InChI is InChI=1S/C13H8BrCl2FO/c14-9-1-2-13(12(16)5-9)18-11-4-8(7-15)3-10(17)6-11/h1-6H,7H2. The number of hydrogen-bond donors (Lipinski definition) is 0. The zero-order valence-electron chi connectivity index (χ0n) is 9.09. The molecule has 94 valence electrons. The molecule has 2 aromatic rings. The molecule has 0 saturated heterocycles. The summed E-state index contributed by atoms with van der Waals surface area (Å²) in [5.41, 5.74) is 0.653. The van der Waals surface area contributed by atoms with Crippen molar-refractivity contribution >= 4 is 39.1 Å². The molecule has 0 N–H and O–H groups in total. The van der Waals surface area contributed by atoms with Crippen molar-refractivity contribution in [3.63, 3.8) is 0 Å². The summed E-state index contributed by atoms with van der Waals surface area (Å²) in [6.07, 6.45) is 0. The predicted molar refractivity (Wildman–Crippen MR) is 75.2 cm³/mol. The second-order valence-electron chi connectivity index (χ2n) is 3.61. The number of alkyl halides is 1. The van der Waals surface area contributed by atoms with E-state index in [4.69, 9.17) is 27.9 Å². The smallest absolute Gasteiger partial charge is 0.146 e. The summed E-state index contributed by atoms with van der Waals surface area (Å²) < 4.78 is 19.7. The predicted octanol–water partition coefficient (Wildman–Crippen LogP) is 5.77. The highest BCUT2D eigenvalue weighted by atomic mass is 79.9. The summed E-state index contributed by atoms with van der Waals surface area (Å²) in [4.78, 5) is 0. The fourth-order valence-corrected chi connectivity index (χ4v) is 2.31. The van der Waals surface area contributed by atoms with Gasteiger partial charge in [0.25, 0.3) is 0 Å². The Balaban J connectivity index is 2.30. The first-order valence-corrected chi connectivity index (χ1v) is 6.77. The summed E-state index contributed by atoms with van der Waals surface area (Å²) in [6, 6.07) is 9.53. The van der Waals surface area contributed by atoms with Gasteiger partial charge in [-0.1, -0.05) is 27.5 Å². The van der Waals surface area contributed by atoms with Crippen molar-refractivity contribution in [3.05, 3.63) is 57.3 Å². The third-order valence-electron chi connectivity index (χ3n) is 2.21. The molecule has 0 saturated carbocycles. The molecule has 2 rings (SSSR count). The third-order valence-corrected chi connectivity index (χ3v) is 3.30. The number of ether oxygens (including phenoxy) is 1. The van der Waals surface area contributed by atoms with Crippen LogP contribution in [0.1, 0.15) is 5.56 Å². The van der Waals surface area contributed by atoms with Crippen molar-refractivity contribution in [1.82, 2.24) is 0 Å². The molecule has 2 aromatic carbocycles. The molecular weight excluding hydrogens is 342 g/mol. The number of halogens is 4. The van der Waals surface area contributed by atoms with Crippen LogP contribution in [0.3, 0.4) is 0 Å². The molecule has 0 aliphatic rings. The maximum Gasteiger partial charge on any atom is 0.146 e. The molecule has 0 heterocycles. The van der Waals surface area contributed by atoms with E-state index >= 15 is 0 Å². The van der Waals surface area contributed by atoms with Gasteiger partial charge < -0.3 is 4.74 Å². The van der Waals surface area contributed by atoms with Gasteiger partial charge in [-0.2, -0.15) is 0 Å². The van der Waals surface area contributed by atoms with E-state index in [9.17, 15) is 4.39 Å². The van der Waals surface area contributed by atoms with Gasteiger partial charge in [-0.05, 0) is 35.9 Å². The van der Waals surface area contributed by atoms with Crippen molar-refractivity contribution in [1.29, 1.82) is 0 Å². The highest BCUT2D eigenvalue weighted by Gasteiger charge is 2.06. The first kappa shape index (κ1) is 13.7. The molecular formula is C13H8BrCl2FO. The lowest BCUT2D eigenvalue weighted by Crippen LogP contribution is -1.89. The first-order chi connectivity index (χ1) is 8.58. The molecule has 0 spiro atoms. The number of benzene rings is 2. The van der Waals surface area contributed by atoms with Crippen molar-refractivity contribution in [2.45, 2.75) is 5.88 Å². The maximum atomic E-state index is 13.3. The third kappa shape index (κ3) is 3.37. The number of rotatable bonds is 3. The average molecular weight is 350 g/mol. The average Bonchev–Trinajstić information content (AvgIpc) is 2.32. The second kappa shape index (κ2) is 5.91. The van der Waals surface area contributed by atoms with Crippen LogP contribution >= 0.6 is 39.1 Å². The molecule has 0 aliphatic carbocycles. The zero-order chi connectivity index (χ0) is 13.1. The van der Waals surface area contributed by atoms with Gasteiger partial charge in [0.1, 0.15) is 17.3 Å². The quantitative estimate of drug-likeness (QED) is 0.639. The first-order valence-electron chi connectivity index (χ1n) is 5.07. The van der Waals surface area contributed by atoms with Gasteiger partial charge in [0.05, 0.1) is 5.02 Å².